The smallest absolute Gasteiger partial charge is 0.120 e. The van der Waals surface area contributed by atoms with E-state index in [0.717, 1.165) is 12.0 Å². The first kappa shape index (κ1) is 14.6. The average Bonchev–Trinajstić information content (AvgIpc) is 2.34. The average molecular weight is 246 g/mol. The number of aromatic hydroxyl groups is 1. The third-order valence-electron chi connectivity index (χ3n) is 3.14. The molecule has 0 aliphatic carbocycles. The lowest BCUT2D eigenvalue weighted by Gasteiger charge is -2.22. The van der Waals surface area contributed by atoms with Crippen LogP contribution in [0.3, 0.4) is 0 Å². The van der Waals surface area contributed by atoms with E-state index in [1.165, 1.54) is 5.56 Å². The molecule has 0 aliphatic heterocycles. The van der Waals surface area contributed by atoms with Crippen molar-refractivity contribution in [2.24, 2.45) is 0 Å². The predicted molar refractivity (Wildman–Crippen MR) is 75.5 cm³/mol. The van der Waals surface area contributed by atoms with Crippen LogP contribution in [0.1, 0.15) is 18.1 Å². The van der Waals surface area contributed by atoms with Crippen LogP contribution in [-0.2, 0) is 13.0 Å². The molecule has 0 radical (unpaired) electrons. The summed E-state index contributed by atoms with van der Waals surface area (Å²) in [5.74, 6) is 3.00. The molecular formula is C15H22N2O. The molecule has 0 heterocycles. The highest BCUT2D eigenvalue weighted by Gasteiger charge is 2.10. The molecule has 2 N–H and O–H groups in total. The van der Waals surface area contributed by atoms with Gasteiger partial charge in [-0.3, -0.25) is 4.90 Å². The van der Waals surface area contributed by atoms with Crippen LogP contribution in [0.5, 0.6) is 5.75 Å². The monoisotopic (exact) mass is 246 g/mol. The number of phenols is 1. The first-order valence-corrected chi connectivity index (χ1v) is 6.17. The third kappa shape index (κ3) is 4.06. The van der Waals surface area contributed by atoms with Crippen LogP contribution < -0.4 is 5.32 Å². The van der Waals surface area contributed by atoms with Crippen molar-refractivity contribution in [1.29, 1.82) is 0 Å². The summed E-state index contributed by atoms with van der Waals surface area (Å²) in [6.45, 7) is 3.48. The molecule has 98 valence electrons. The maximum Gasteiger partial charge on any atom is 0.120 e. The molecule has 0 aliphatic rings. The number of benzene rings is 1. The minimum Gasteiger partial charge on any atom is -0.508 e. The van der Waals surface area contributed by atoms with E-state index in [2.05, 4.69) is 23.1 Å². The Kier molecular flexibility index (Phi) is 5.70. The van der Waals surface area contributed by atoms with Gasteiger partial charge in [0.2, 0.25) is 0 Å². The number of terminal acetylenes is 1. The van der Waals surface area contributed by atoms with Gasteiger partial charge in [-0.2, -0.15) is 0 Å². The Morgan fingerprint density at radius 2 is 2.22 bits per heavy atom. The first-order valence-electron chi connectivity index (χ1n) is 6.17. The van der Waals surface area contributed by atoms with Gasteiger partial charge in [0.25, 0.3) is 0 Å². The van der Waals surface area contributed by atoms with Crippen molar-refractivity contribution >= 4 is 0 Å². The number of likely N-dealkylation sites (N-methyl/N-ethyl adjacent to an activating group) is 1. The van der Waals surface area contributed by atoms with Crippen molar-refractivity contribution in [3.8, 4) is 18.1 Å². The lowest BCUT2D eigenvalue weighted by molar-refractivity contribution is 0.287. The van der Waals surface area contributed by atoms with Crippen LogP contribution in [-0.4, -0.2) is 36.7 Å². The van der Waals surface area contributed by atoms with Crippen molar-refractivity contribution in [1.82, 2.24) is 10.2 Å². The number of hydrogen-bond donors (Lipinski definition) is 2. The molecule has 0 bridgehead atoms. The van der Waals surface area contributed by atoms with E-state index < -0.39 is 0 Å². The zero-order valence-electron chi connectivity index (χ0n) is 11.4. The SMILES string of the molecule is C#CCN(C)C(C)Cc1ccc(O)c(CNC)c1. The molecular weight excluding hydrogens is 224 g/mol. The highest BCUT2D eigenvalue weighted by atomic mass is 16.3. The molecule has 0 fully saturated rings. The maximum atomic E-state index is 9.72. The molecule has 1 rings (SSSR count). The van der Waals surface area contributed by atoms with Crippen molar-refractivity contribution in [2.45, 2.75) is 25.9 Å². The van der Waals surface area contributed by atoms with Gasteiger partial charge in [0.15, 0.2) is 0 Å². The fraction of sp³-hybridized carbons (Fsp3) is 0.467. The molecule has 1 atom stereocenters. The maximum absolute atomic E-state index is 9.72. The van der Waals surface area contributed by atoms with E-state index in [4.69, 9.17) is 6.42 Å². The summed E-state index contributed by atoms with van der Waals surface area (Å²) in [4.78, 5) is 2.14. The molecule has 0 aromatic heterocycles. The van der Waals surface area contributed by atoms with Crippen LogP contribution in [0.15, 0.2) is 18.2 Å². The second kappa shape index (κ2) is 7.05. The Hall–Kier alpha value is -1.50. The van der Waals surface area contributed by atoms with E-state index in [9.17, 15) is 5.11 Å². The summed E-state index contributed by atoms with van der Waals surface area (Å²) in [5.41, 5.74) is 2.15. The normalized spacial score (nSPS) is 12.4. The Morgan fingerprint density at radius 1 is 1.50 bits per heavy atom. The molecule has 3 heteroatoms. The van der Waals surface area contributed by atoms with Crippen LogP contribution in [0.2, 0.25) is 0 Å². The molecule has 1 aromatic carbocycles. The predicted octanol–water partition coefficient (Wildman–Crippen LogP) is 1.61. The first-order chi connectivity index (χ1) is 8.58. The molecule has 1 aromatic rings. The summed E-state index contributed by atoms with van der Waals surface area (Å²) in [5, 5.41) is 12.8. The molecule has 0 saturated heterocycles. The lowest BCUT2D eigenvalue weighted by Crippen LogP contribution is -2.31. The molecule has 0 saturated carbocycles. The Morgan fingerprint density at radius 3 is 2.83 bits per heavy atom. The largest absolute Gasteiger partial charge is 0.508 e. The molecule has 0 spiro atoms. The van der Waals surface area contributed by atoms with E-state index in [0.29, 0.717) is 24.9 Å². The summed E-state index contributed by atoms with van der Waals surface area (Å²) in [6.07, 6.45) is 6.24. The summed E-state index contributed by atoms with van der Waals surface area (Å²) in [7, 11) is 3.90. The summed E-state index contributed by atoms with van der Waals surface area (Å²) >= 11 is 0. The Balaban J connectivity index is 2.73. The van der Waals surface area contributed by atoms with Crippen molar-refractivity contribution < 1.29 is 5.11 Å². The number of nitrogens with zero attached hydrogens (tertiary/aromatic N) is 1. The molecule has 0 amide bonds. The molecule has 3 nitrogen and oxygen atoms in total. The number of hydrogen-bond acceptors (Lipinski definition) is 3. The molecule has 18 heavy (non-hydrogen) atoms. The summed E-state index contributed by atoms with van der Waals surface area (Å²) < 4.78 is 0. The van der Waals surface area contributed by atoms with Gasteiger partial charge in [0, 0.05) is 18.2 Å². The van der Waals surface area contributed by atoms with E-state index in [1.54, 1.807) is 6.07 Å². The second-order valence-corrected chi connectivity index (χ2v) is 4.67. The van der Waals surface area contributed by atoms with Gasteiger partial charge < -0.3 is 10.4 Å². The van der Waals surface area contributed by atoms with Crippen LogP contribution in [0.25, 0.3) is 0 Å². The van der Waals surface area contributed by atoms with Crippen LogP contribution >= 0.6 is 0 Å². The van der Waals surface area contributed by atoms with Crippen molar-refractivity contribution in [3.63, 3.8) is 0 Å². The van der Waals surface area contributed by atoms with Gasteiger partial charge in [-0.15, -0.1) is 6.42 Å². The van der Waals surface area contributed by atoms with Crippen molar-refractivity contribution in [2.75, 3.05) is 20.6 Å². The Labute approximate surface area is 110 Å². The third-order valence-corrected chi connectivity index (χ3v) is 3.14. The van der Waals surface area contributed by atoms with Gasteiger partial charge in [-0.1, -0.05) is 18.1 Å². The van der Waals surface area contributed by atoms with Gasteiger partial charge in [-0.25, -0.2) is 0 Å². The minimum absolute atomic E-state index is 0.345. The van der Waals surface area contributed by atoms with Crippen LogP contribution in [0, 0.1) is 12.3 Å². The minimum atomic E-state index is 0.345. The molecule has 1 unspecified atom stereocenters. The van der Waals surface area contributed by atoms with E-state index in [-0.39, 0.29) is 0 Å². The van der Waals surface area contributed by atoms with E-state index in [1.807, 2.05) is 26.2 Å². The zero-order chi connectivity index (χ0) is 13.5. The number of nitrogens with one attached hydrogen (secondary N) is 1. The fourth-order valence-electron chi connectivity index (χ4n) is 1.89. The van der Waals surface area contributed by atoms with Gasteiger partial charge >= 0.3 is 0 Å². The topological polar surface area (TPSA) is 35.5 Å². The quantitative estimate of drug-likeness (QED) is 0.749. The highest BCUT2D eigenvalue weighted by Crippen LogP contribution is 2.19. The highest BCUT2D eigenvalue weighted by molar-refractivity contribution is 5.36. The zero-order valence-corrected chi connectivity index (χ0v) is 11.4. The van der Waals surface area contributed by atoms with Gasteiger partial charge in [-0.05, 0) is 39.1 Å². The Bertz CT molecular complexity index is 423. The number of rotatable bonds is 6. The number of phenolic OH excluding ortho intramolecular Hbond substituents is 1. The lowest BCUT2D eigenvalue weighted by atomic mass is 10.0. The summed E-state index contributed by atoms with van der Waals surface area (Å²) in [6, 6.07) is 6.16. The van der Waals surface area contributed by atoms with E-state index >= 15 is 0 Å². The van der Waals surface area contributed by atoms with Crippen LogP contribution in [0.4, 0.5) is 0 Å². The van der Waals surface area contributed by atoms with Gasteiger partial charge in [0.1, 0.15) is 5.75 Å². The standard InChI is InChI=1S/C15H22N2O/c1-5-8-17(4)12(2)9-13-6-7-15(18)14(10-13)11-16-3/h1,6-7,10,12,16,18H,8-9,11H2,2-4H3. The second-order valence-electron chi connectivity index (χ2n) is 4.67. The van der Waals surface area contributed by atoms with Gasteiger partial charge in [0.05, 0.1) is 6.54 Å². The van der Waals surface area contributed by atoms with Crippen molar-refractivity contribution in [3.05, 3.63) is 29.3 Å². The fourth-order valence-corrected chi connectivity index (χ4v) is 1.89.